The van der Waals surface area contributed by atoms with E-state index in [1.54, 1.807) is 6.20 Å². The molecule has 1 aromatic heterocycles. The van der Waals surface area contributed by atoms with Crippen LogP contribution in [0.2, 0.25) is 0 Å². The Kier molecular flexibility index (Phi) is 2.13. The molecule has 0 aromatic carbocycles. The van der Waals surface area contributed by atoms with E-state index >= 15 is 0 Å². The van der Waals surface area contributed by atoms with E-state index in [0.29, 0.717) is 11.5 Å². The molecule has 1 aliphatic carbocycles. The van der Waals surface area contributed by atoms with Crippen LogP contribution in [0.25, 0.3) is 0 Å². The monoisotopic (exact) mass is 199 g/mol. The minimum atomic E-state index is -0.500. The molecule has 0 radical (unpaired) electrons. The molecule has 5 heteroatoms. The summed E-state index contributed by atoms with van der Waals surface area (Å²) in [6.45, 7) is 0.583. The summed E-state index contributed by atoms with van der Waals surface area (Å²) in [4.78, 5) is 4.05. The van der Waals surface area contributed by atoms with Crippen molar-refractivity contribution in [2.24, 2.45) is 0 Å². The van der Waals surface area contributed by atoms with E-state index in [2.05, 4.69) is 10.3 Å². The van der Waals surface area contributed by atoms with Gasteiger partial charge in [0.05, 0.1) is 11.8 Å². The van der Waals surface area contributed by atoms with Gasteiger partial charge >= 0.3 is 0 Å². The van der Waals surface area contributed by atoms with Gasteiger partial charge in [-0.05, 0) is 19.3 Å². The molecule has 1 heterocycles. The van der Waals surface area contributed by atoms with Gasteiger partial charge in [0.2, 0.25) is 0 Å². The first-order valence-corrected chi connectivity index (χ1v) is 5.17. The number of aliphatic hydroxyl groups is 1. The minimum absolute atomic E-state index is 0.500. The predicted octanol–water partition coefficient (Wildman–Crippen LogP) is 1.05. The number of hydrogen-bond acceptors (Lipinski definition) is 5. The van der Waals surface area contributed by atoms with Crippen LogP contribution in [0, 0.1) is 0 Å². The Morgan fingerprint density at radius 2 is 2.46 bits per heavy atom. The lowest BCUT2D eigenvalue weighted by molar-refractivity contribution is -0.0201. The molecule has 0 bridgehead atoms. The van der Waals surface area contributed by atoms with Crippen molar-refractivity contribution < 1.29 is 5.11 Å². The largest absolute Gasteiger partial charge is 0.389 e. The second-order valence-electron chi connectivity index (χ2n) is 3.50. The maximum atomic E-state index is 9.76. The third-order valence-corrected chi connectivity index (χ3v) is 3.16. The van der Waals surface area contributed by atoms with Crippen molar-refractivity contribution in [3.63, 3.8) is 0 Å². The van der Waals surface area contributed by atoms with E-state index in [0.717, 1.165) is 24.4 Å². The fourth-order valence-electron chi connectivity index (χ4n) is 1.37. The fraction of sp³-hybridized carbons (Fsp3) is 0.625. The number of thiazole rings is 1. The minimum Gasteiger partial charge on any atom is -0.389 e. The van der Waals surface area contributed by atoms with Crippen LogP contribution in [0.15, 0.2) is 6.20 Å². The van der Waals surface area contributed by atoms with Crippen LogP contribution >= 0.6 is 11.3 Å². The molecule has 4 N–H and O–H groups in total. The summed E-state index contributed by atoms with van der Waals surface area (Å²) >= 11 is 1.41. The van der Waals surface area contributed by atoms with Gasteiger partial charge in [-0.25, -0.2) is 4.98 Å². The van der Waals surface area contributed by atoms with Crippen molar-refractivity contribution in [3.05, 3.63) is 6.20 Å². The Bertz CT molecular complexity index is 295. The lowest BCUT2D eigenvalue weighted by Crippen LogP contribution is -2.43. The molecule has 13 heavy (non-hydrogen) atoms. The van der Waals surface area contributed by atoms with Crippen molar-refractivity contribution in [1.29, 1.82) is 0 Å². The number of nitrogens with zero attached hydrogens (tertiary/aromatic N) is 1. The Hall–Kier alpha value is -0.810. The number of nitrogens with one attached hydrogen (secondary N) is 1. The van der Waals surface area contributed by atoms with Gasteiger partial charge in [-0.3, -0.25) is 0 Å². The van der Waals surface area contributed by atoms with Gasteiger partial charge in [-0.15, -0.1) is 0 Å². The number of anilines is 2. The van der Waals surface area contributed by atoms with Crippen molar-refractivity contribution >= 4 is 21.5 Å². The Morgan fingerprint density at radius 1 is 1.69 bits per heavy atom. The fourth-order valence-corrected chi connectivity index (χ4v) is 1.95. The van der Waals surface area contributed by atoms with E-state index in [-0.39, 0.29) is 0 Å². The summed E-state index contributed by atoms with van der Waals surface area (Å²) in [7, 11) is 0. The van der Waals surface area contributed by atoms with Crippen molar-refractivity contribution in [3.8, 4) is 0 Å². The number of hydrogen-bond donors (Lipinski definition) is 3. The van der Waals surface area contributed by atoms with Gasteiger partial charge in [-0.1, -0.05) is 11.3 Å². The highest BCUT2D eigenvalue weighted by atomic mass is 32.1. The molecule has 0 saturated heterocycles. The van der Waals surface area contributed by atoms with Crippen molar-refractivity contribution in [1.82, 2.24) is 4.98 Å². The third kappa shape index (κ3) is 1.92. The van der Waals surface area contributed by atoms with Crippen LogP contribution in [0.5, 0.6) is 0 Å². The zero-order valence-corrected chi connectivity index (χ0v) is 8.10. The van der Waals surface area contributed by atoms with Gasteiger partial charge in [0.15, 0.2) is 5.13 Å². The van der Waals surface area contributed by atoms with Crippen molar-refractivity contribution in [2.45, 2.75) is 24.9 Å². The number of aromatic nitrogens is 1. The van der Waals surface area contributed by atoms with E-state index in [9.17, 15) is 5.11 Å². The topological polar surface area (TPSA) is 71.2 Å². The average molecular weight is 199 g/mol. The van der Waals surface area contributed by atoms with Crippen LogP contribution in [0.1, 0.15) is 19.3 Å². The second-order valence-corrected chi connectivity index (χ2v) is 4.56. The molecular weight excluding hydrogens is 186 g/mol. The third-order valence-electron chi connectivity index (χ3n) is 2.38. The highest BCUT2D eigenvalue weighted by Gasteiger charge is 2.34. The zero-order chi connectivity index (χ0) is 9.31. The second kappa shape index (κ2) is 3.16. The molecule has 0 spiro atoms. The Labute approximate surface area is 80.8 Å². The van der Waals surface area contributed by atoms with Gasteiger partial charge in [0, 0.05) is 6.54 Å². The highest BCUT2D eigenvalue weighted by Crippen LogP contribution is 2.32. The van der Waals surface area contributed by atoms with Gasteiger partial charge in [0.25, 0.3) is 0 Å². The first-order chi connectivity index (χ1) is 6.18. The molecule has 0 aliphatic heterocycles. The molecule has 72 valence electrons. The van der Waals surface area contributed by atoms with Crippen LogP contribution in [-0.2, 0) is 0 Å². The lowest BCUT2D eigenvalue weighted by atomic mass is 9.80. The molecule has 0 atom stereocenters. The summed E-state index contributed by atoms with van der Waals surface area (Å²) in [5.41, 5.74) is 5.02. The van der Waals surface area contributed by atoms with Crippen LogP contribution < -0.4 is 11.1 Å². The first-order valence-electron chi connectivity index (χ1n) is 4.36. The highest BCUT2D eigenvalue weighted by molar-refractivity contribution is 7.19. The normalized spacial score (nSPS) is 19.5. The summed E-state index contributed by atoms with van der Waals surface area (Å²) in [5.74, 6) is 0. The predicted molar refractivity (Wildman–Crippen MR) is 53.8 cm³/mol. The summed E-state index contributed by atoms with van der Waals surface area (Å²) in [6, 6.07) is 0. The molecule has 0 unspecified atom stereocenters. The van der Waals surface area contributed by atoms with Gasteiger partial charge < -0.3 is 16.2 Å². The number of nitrogen functional groups attached to an aromatic ring is 1. The lowest BCUT2D eigenvalue weighted by Gasteiger charge is -2.36. The molecule has 0 amide bonds. The van der Waals surface area contributed by atoms with Crippen LogP contribution in [-0.4, -0.2) is 22.2 Å². The van der Waals surface area contributed by atoms with E-state index in [1.807, 2.05) is 0 Å². The molecule has 4 nitrogen and oxygen atoms in total. The number of rotatable bonds is 3. The standard InChI is InChI=1S/C8H13N3OS/c9-6-4-10-7(13-6)11-5-8(12)2-1-3-8/h4,12H,1-3,5,9H2,(H,10,11). The summed E-state index contributed by atoms with van der Waals surface area (Å²) in [6.07, 6.45) is 4.53. The summed E-state index contributed by atoms with van der Waals surface area (Å²) < 4.78 is 0. The van der Waals surface area contributed by atoms with Gasteiger partial charge in [0.1, 0.15) is 5.00 Å². The number of nitrogens with two attached hydrogens (primary N) is 1. The Morgan fingerprint density at radius 3 is 2.92 bits per heavy atom. The van der Waals surface area contributed by atoms with E-state index < -0.39 is 5.60 Å². The zero-order valence-electron chi connectivity index (χ0n) is 7.29. The molecule has 2 rings (SSSR count). The summed E-state index contributed by atoms with van der Waals surface area (Å²) in [5, 5.41) is 14.3. The van der Waals surface area contributed by atoms with Crippen LogP contribution in [0.4, 0.5) is 10.1 Å². The SMILES string of the molecule is Nc1cnc(NCC2(O)CCC2)s1. The van der Waals surface area contributed by atoms with E-state index in [4.69, 9.17) is 5.73 Å². The molecule has 1 aliphatic rings. The van der Waals surface area contributed by atoms with Crippen molar-refractivity contribution in [2.75, 3.05) is 17.6 Å². The van der Waals surface area contributed by atoms with E-state index in [1.165, 1.54) is 11.3 Å². The average Bonchev–Trinajstić information content (AvgIpc) is 2.44. The molecule has 1 saturated carbocycles. The quantitative estimate of drug-likeness (QED) is 0.680. The molecule has 1 fully saturated rings. The Balaban J connectivity index is 1.85. The molecule has 1 aromatic rings. The van der Waals surface area contributed by atoms with Crippen LogP contribution in [0.3, 0.4) is 0 Å². The first kappa shape index (κ1) is 8.77. The maximum Gasteiger partial charge on any atom is 0.184 e. The smallest absolute Gasteiger partial charge is 0.184 e. The molecular formula is C8H13N3OS. The van der Waals surface area contributed by atoms with Gasteiger partial charge in [-0.2, -0.15) is 0 Å². The maximum absolute atomic E-state index is 9.76.